The summed E-state index contributed by atoms with van der Waals surface area (Å²) >= 11 is 0. The summed E-state index contributed by atoms with van der Waals surface area (Å²) in [6.07, 6.45) is 0.858. The minimum Gasteiger partial charge on any atom is -0.497 e. The number of hydrogen-bond donors (Lipinski definition) is 1. The predicted molar refractivity (Wildman–Crippen MR) is 80.0 cm³/mol. The molecule has 4 heteroatoms. The molecule has 0 saturated carbocycles. The summed E-state index contributed by atoms with van der Waals surface area (Å²) in [6.45, 7) is 8.16. The average molecular weight is 279 g/mol. The summed E-state index contributed by atoms with van der Waals surface area (Å²) in [4.78, 5) is 11.8. The molecule has 0 spiro atoms. The first kappa shape index (κ1) is 16.5. The van der Waals surface area contributed by atoms with Crippen molar-refractivity contribution in [3.8, 4) is 5.75 Å². The summed E-state index contributed by atoms with van der Waals surface area (Å²) in [5, 5.41) is 3.18. The first-order valence-corrected chi connectivity index (χ1v) is 6.91. The van der Waals surface area contributed by atoms with Crippen LogP contribution in [0.3, 0.4) is 0 Å². The van der Waals surface area contributed by atoms with Gasteiger partial charge in [-0.15, -0.1) is 0 Å². The van der Waals surface area contributed by atoms with E-state index in [0.717, 1.165) is 18.7 Å². The van der Waals surface area contributed by atoms with Crippen molar-refractivity contribution in [2.24, 2.45) is 0 Å². The first-order chi connectivity index (χ1) is 9.31. The summed E-state index contributed by atoms with van der Waals surface area (Å²) in [5.74, 6) is 0.635. The van der Waals surface area contributed by atoms with Crippen molar-refractivity contribution >= 4 is 5.97 Å². The van der Waals surface area contributed by atoms with Crippen LogP contribution in [0.25, 0.3) is 0 Å². The lowest BCUT2D eigenvalue weighted by atomic mass is 10.1. The molecule has 4 nitrogen and oxygen atoms in total. The van der Waals surface area contributed by atoms with E-state index in [-0.39, 0.29) is 12.0 Å². The van der Waals surface area contributed by atoms with Crippen LogP contribution >= 0.6 is 0 Å². The molecule has 0 saturated heterocycles. The van der Waals surface area contributed by atoms with Gasteiger partial charge in [-0.2, -0.15) is 0 Å². The van der Waals surface area contributed by atoms with Gasteiger partial charge in [-0.3, -0.25) is 4.79 Å². The van der Waals surface area contributed by atoms with Crippen LogP contribution in [-0.4, -0.2) is 31.3 Å². The van der Waals surface area contributed by atoms with Crippen molar-refractivity contribution in [3.05, 3.63) is 29.8 Å². The molecule has 1 atom stereocenters. The smallest absolute Gasteiger partial charge is 0.323 e. The van der Waals surface area contributed by atoms with Crippen LogP contribution in [0.4, 0.5) is 0 Å². The van der Waals surface area contributed by atoms with Gasteiger partial charge in [0.25, 0.3) is 0 Å². The second-order valence-corrected chi connectivity index (χ2v) is 5.81. The van der Waals surface area contributed by atoms with Gasteiger partial charge in [0, 0.05) is 0 Å². The van der Waals surface area contributed by atoms with Gasteiger partial charge in [-0.25, -0.2) is 0 Å². The van der Waals surface area contributed by atoms with E-state index in [2.05, 4.69) is 5.32 Å². The highest BCUT2D eigenvalue weighted by atomic mass is 16.6. The molecule has 1 N–H and O–H groups in total. The quantitative estimate of drug-likeness (QED) is 0.813. The average Bonchev–Trinajstić information content (AvgIpc) is 2.37. The third-order valence-corrected chi connectivity index (χ3v) is 2.78. The maximum absolute atomic E-state index is 11.8. The Balaban J connectivity index is 2.34. The third-order valence-electron chi connectivity index (χ3n) is 2.78. The van der Waals surface area contributed by atoms with Crippen molar-refractivity contribution in [2.75, 3.05) is 13.7 Å². The molecule has 1 unspecified atom stereocenters. The monoisotopic (exact) mass is 279 g/mol. The molecule has 1 aromatic rings. The Morgan fingerprint density at radius 3 is 2.35 bits per heavy atom. The molecule has 0 amide bonds. The normalized spacial score (nSPS) is 12.8. The number of carbonyl (C=O) groups is 1. The lowest BCUT2D eigenvalue weighted by Crippen LogP contribution is -2.40. The van der Waals surface area contributed by atoms with Crippen LogP contribution in [0.15, 0.2) is 24.3 Å². The second kappa shape index (κ2) is 7.29. The van der Waals surface area contributed by atoms with Crippen LogP contribution in [0.5, 0.6) is 5.75 Å². The molecular formula is C16H25NO3. The molecule has 0 aromatic heterocycles. The Labute approximate surface area is 121 Å². The number of ether oxygens (including phenoxy) is 2. The molecule has 0 radical (unpaired) electrons. The second-order valence-electron chi connectivity index (χ2n) is 5.81. The van der Waals surface area contributed by atoms with E-state index in [4.69, 9.17) is 9.47 Å². The highest BCUT2D eigenvalue weighted by molar-refractivity contribution is 5.75. The Bertz CT molecular complexity index is 420. The zero-order valence-corrected chi connectivity index (χ0v) is 13.0. The molecule has 112 valence electrons. The van der Waals surface area contributed by atoms with Gasteiger partial charge in [0.2, 0.25) is 0 Å². The third kappa shape index (κ3) is 6.06. The Hall–Kier alpha value is -1.55. The highest BCUT2D eigenvalue weighted by Crippen LogP contribution is 2.11. The molecule has 0 heterocycles. The Kier molecular flexibility index (Phi) is 6.02. The van der Waals surface area contributed by atoms with Crippen molar-refractivity contribution in [1.29, 1.82) is 0 Å². The van der Waals surface area contributed by atoms with E-state index in [1.165, 1.54) is 5.56 Å². The van der Waals surface area contributed by atoms with E-state index in [0.29, 0.717) is 0 Å². The number of rotatable bonds is 6. The highest BCUT2D eigenvalue weighted by Gasteiger charge is 2.20. The lowest BCUT2D eigenvalue weighted by molar-refractivity contribution is -0.156. The maximum atomic E-state index is 11.8. The van der Waals surface area contributed by atoms with Crippen LogP contribution < -0.4 is 10.1 Å². The fraction of sp³-hybridized carbons (Fsp3) is 0.562. The molecule has 0 aliphatic heterocycles. The van der Waals surface area contributed by atoms with E-state index in [1.54, 1.807) is 7.11 Å². The van der Waals surface area contributed by atoms with Crippen molar-refractivity contribution in [1.82, 2.24) is 5.32 Å². The van der Waals surface area contributed by atoms with E-state index in [1.807, 2.05) is 52.0 Å². The van der Waals surface area contributed by atoms with Crippen molar-refractivity contribution < 1.29 is 14.3 Å². The number of benzene rings is 1. The summed E-state index contributed by atoms with van der Waals surface area (Å²) in [6, 6.07) is 7.63. The summed E-state index contributed by atoms with van der Waals surface area (Å²) < 4.78 is 10.4. The van der Waals surface area contributed by atoms with Gasteiger partial charge >= 0.3 is 5.97 Å². The molecular weight excluding hydrogens is 254 g/mol. The molecule has 0 aliphatic carbocycles. The van der Waals surface area contributed by atoms with Gasteiger partial charge in [0.1, 0.15) is 17.4 Å². The van der Waals surface area contributed by atoms with Crippen LogP contribution in [-0.2, 0) is 16.0 Å². The van der Waals surface area contributed by atoms with Crippen LogP contribution in [0.1, 0.15) is 33.3 Å². The lowest BCUT2D eigenvalue weighted by Gasteiger charge is -2.22. The van der Waals surface area contributed by atoms with Crippen molar-refractivity contribution in [3.63, 3.8) is 0 Å². The fourth-order valence-electron chi connectivity index (χ4n) is 1.70. The molecule has 0 aliphatic rings. The van der Waals surface area contributed by atoms with E-state index < -0.39 is 5.60 Å². The maximum Gasteiger partial charge on any atom is 0.323 e. The number of methoxy groups -OCH3 is 1. The van der Waals surface area contributed by atoms with Gasteiger partial charge in [0.15, 0.2) is 0 Å². The van der Waals surface area contributed by atoms with E-state index >= 15 is 0 Å². The van der Waals surface area contributed by atoms with Crippen LogP contribution in [0.2, 0.25) is 0 Å². The number of nitrogens with one attached hydrogen (secondary N) is 1. The Morgan fingerprint density at radius 1 is 1.25 bits per heavy atom. The zero-order chi connectivity index (χ0) is 15.2. The van der Waals surface area contributed by atoms with E-state index in [9.17, 15) is 4.79 Å². The summed E-state index contributed by atoms with van der Waals surface area (Å²) in [7, 11) is 1.65. The molecule has 0 fully saturated rings. The van der Waals surface area contributed by atoms with Crippen molar-refractivity contribution in [2.45, 2.75) is 45.8 Å². The Morgan fingerprint density at radius 2 is 1.85 bits per heavy atom. The SMILES string of the molecule is COc1ccc(CCNC(C)C(=O)OC(C)(C)C)cc1. The fourth-order valence-corrected chi connectivity index (χ4v) is 1.70. The zero-order valence-electron chi connectivity index (χ0n) is 13.0. The van der Waals surface area contributed by atoms with Crippen LogP contribution in [0, 0.1) is 0 Å². The van der Waals surface area contributed by atoms with Gasteiger partial charge < -0.3 is 14.8 Å². The van der Waals surface area contributed by atoms with Gasteiger partial charge in [-0.05, 0) is 58.4 Å². The molecule has 20 heavy (non-hydrogen) atoms. The van der Waals surface area contributed by atoms with Gasteiger partial charge in [0.05, 0.1) is 7.11 Å². The number of hydrogen-bond acceptors (Lipinski definition) is 4. The topological polar surface area (TPSA) is 47.6 Å². The molecule has 1 rings (SSSR count). The molecule has 1 aromatic carbocycles. The predicted octanol–water partition coefficient (Wildman–Crippen LogP) is 2.56. The number of esters is 1. The standard InChI is InChI=1S/C16H25NO3/c1-12(15(18)20-16(2,3)4)17-11-10-13-6-8-14(19-5)9-7-13/h6-9,12,17H,10-11H2,1-5H3. The summed E-state index contributed by atoms with van der Waals surface area (Å²) in [5.41, 5.74) is 0.762. The van der Waals surface area contributed by atoms with Gasteiger partial charge in [-0.1, -0.05) is 12.1 Å². The largest absolute Gasteiger partial charge is 0.497 e. The minimum atomic E-state index is -0.441. The minimum absolute atomic E-state index is 0.216. The number of carbonyl (C=O) groups excluding carboxylic acids is 1. The first-order valence-electron chi connectivity index (χ1n) is 6.91. The molecule has 0 bridgehead atoms.